The molecule has 1 aliphatic rings. The molecule has 2 amide bonds. The van der Waals surface area contributed by atoms with Crippen molar-refractivity contribution < 1.29 is 14.0 Å². The Balaban J connectivity index is 1.72. The van der Waals surface area contributed by atoms with Gasteiger partial charge in [-0.05, 0) is 12.5 Å². The molecule has 4 rings (SSSR count). The lowest BCUT2D eigenvalue weighted by molar-refractivity contribution is -0.121. The minimum absolute atomic E-state index is 0.142. The van der Waals surface area contributed by atoms with Gasteiger partial charge in [0.05, 0.1) is 11.5 Å². The first kappa shape index (κ1) is 15.4. The molecule has 0 radical (unpaired) electrons. The van der Waals surface area contributed by atoms with Gasteiger partial charge in [0.15, 0.2) is 0 Å². The fourth-order valence-electron chi connectivity index (χ4n) is 3.35. The first-order chi connectivity index (χ1) is 12.0. The average Bonchev–Trinajstić information content (AvgIpc) is 3.31. The number of aromatic nitrogens is 2. The second kappa shape index (κ2) is 5.77. The SMILES string of the molecule is Cn1cc(C(=O)N2CCC(C(N)=O)C2)c(-c2coc3ccccc23)n1. The Labute approximate surface area is 144 Å². The lowest BCUT2D eigenvalue weighted by atomic mass is 10.1. The van der Waals surface area contributed by atoms with Crippen LogP contribution in [0.15, 0.2) is 41.1 Å². The van der Waals surface area contributed by atoms with E-state index in [2.05, 4.69) is 5.10 Å². The van der Waals surface area contributed by atoms with E-state index in [1.54, 1.807) is 29.1 Å². The Morgan fingerprint density at radius 1 is 1.32 bits per heavy atom. The summed E-state index contributed by atoms with van der Waals surface area (Å²) in [5.41, 5.74) is 7.98. The molecule has 25 heavy (non-hydrogen) atoms. The topological polar surface area (TPSA) is 94.4 Å². The highest BCUT2D eigenvalue weighted by Crippen LogP contribution is 2.32. The van der Waals surface area contributed by atoms with Gasteiger partial charge in [0.1, 0.15) is 17.5 Å². The molecule has 0 saturated carbocycles. The third-order valence-electron chi connectivity index (χ3n) is 4.67. The molecule has 1 aliphatic heterocycles. The van der Waals surface area contributed by atoms with Crippen molar-refractivity contribution in [2.24, 2.45) is 18.7 Å². The number of likely N-dealkylation sites (tertiary alicyclic amines) is 1. The van der Waals surface area contributed by atoms with Crippen molar-refractivity contribution in [3.63, 3.8) is 0 Å². The fourth-order valence-corrected chi connectivity index (χ4v) is 3.35. The molecule has 1 unspecified atom stereocenters. The number of fused-ring (bicyclic) bond motifs is 1. The van der Waals surface area contributed by atoms with Crippen LogP contribution in [0.5, 0.6) is 0 Å². The first-order valence-corrected chi connectivity index (χ1v) is 8.13. The summed E-state index contributed by atoms with van der Waals surface area (Å²) < 4.78 is 7.20. The summed E-state index contributed by atoms with van der Waals surface area (Å²) in [5, 5.41) is 5.38. The van der Waals surface area contributed by atoms with Gasteiger partial charge in [-0.15, -0.1) is 0 Å². The number of aryl methyl sites for hydroxylation is 1. The number of carbonyl (C=O) groups is 2. The maximum Gasteiger partial charge on any atom is 0.257 e. The van der Waals surface area contributed by atoms with Crippen LogP contribution in [-0.4, -0.2) is 39.6 Å². The monoisotopic (exact) mass is 338 g/mol. The van der Waals surface area contributed by atoms with Gasteiger partial charge < -0.3 is 15.1 Å². The van der Waals surface area contributed by atoms with Crippen molar-refractivity contribution in [2.45, 2.75) is 6.42 Å². The van der Waals surface area contributed by atoms with Gasteiger partial charge in [0.2, 0.25) is 5.91 Å². The highest BCUT2D eigenvalue weighted by molar-refractivity contribution is 6.04. The van der Waals surface area contributed by atoms with Crippen molar-refractivity contribution in [1.29, 1.82) is 0 Å². The predicted molar refractivity (Wildman–Crippen MR) is 91.6 cm³/mol. The molecule has 0 aliphatic carbocycles. The zero-order chi connectivity index (χ0) is 17.6. The number of benzene rings is 1. The molecule has 1 atom stereocenters. The van der Waals surface area contributed by atoms with Gasteiger partial charge in [0, 0.05) is 37.3 Å². The summed E-state index contributed by atoms with van der Waals surface area (Å²) in [4.78, 5) is 26.0. The van der Waals surface area contributed by atoms with Gasteiger partial charge in [-0.3, -0.25) is 14.3 Å². The zero-order valence-corrected chi connectivity index (χ0v) is 13.8. The molecule has 3 aromatic rings. The smallest absolute Gasteiger partial charge is 0.257 e. The number of carbonyl (C=O) groups excluding carboxylic acids is 2. The molecular formula is C18H18N4O3. The van der Waals surface area contributed by atoms with E-state index in [-0.39, 0.29) is 17.7 Å². The van der Waals surface area contributed by atoms with Gasteiger partial charge in [0.25, 0.3) is 5.91 Å². The number of nitrogens with two attached hydrogens (primary N) is 1. The number of nitrogens with zero attached hydrogens (tertiary/aromatic N) is 3. The van der Waals surface area contributed by atoms with Crippen molar-refractivity contribution in [3.8, 4) is 11.3 Å². The van der Waals surface area contributed by atoms with Crippen LogP contribution in [-0.2, 0) is 11.8 Å². The van der Waals surface area contributed by atoms with Crippen molar-refractivity contribution in [2.75, 3.05) is 13.1 Å². The van der Waals surface area contributed by atoms with Crippen LogP contribution in [0.25, 0.3) is 22.2 Å². The van der Waals surface area contributed by atoms with E-state index < -0.39 is 0 Å². The number of rotatable bonds is 3. The maximum absolute atomic E-state index is 13.0. The quantitative estimate of drug-likeness (QED) is 0.787. The second-order valence-corrected chi connectivity index (χ2v) is 6.35. The van der Waals surface area contributed by atoms with Crippen LogP contribution in [0.2, 0.25) is 0 Å². The summed E-state index contributed by atoms with van der Waals surface area (Å²) >= 11 is 0. The highest BCUT2D eigenvalue weighted by atomic mass is 16.3. The number of hydrogen-bond donors (Lipinski definition) is 1. The Kier molecular flexibility index (Phi) is 3.56. The maximum atomic E-state index is 13.0. The van der Waals surface area contributed by atoms with E-state index in [9.17, 15) is 9.59 Å². The van der Waals surface area contributed by atoms with Gasteiger partial charge >= 0.3 is 0 Å². The molecule has 0 bridgehead atoms. The number of hydrogen-bond acceptors (Lipinski definition) is 4. The molecule has 2 aromatic heterocycles. The molecule has 1 aromatic carbocycles. The highest BCUT2D eigenvalue weighted by Gasteiger charge is 2.32. The normalized spacial score (nSPS) is 17.3. The number of para-hydroxylation sites is 1. The molecular weight excluding hydrogens is 320 g/mol. The van der Waals surface area contributed by atoms with Crippen molar-refractivity contribution >= 4 is 22.8 Å². The van der Waals surface area contributed by atoms with Crippen LogP contribution < -0.4 is 5.73 Å². The van der Waals surface area contributed by atoms with E-state index in [0.717, 1.165) is 16.5 Å². The molecule has 128 valence electrons. The van der Waals surface area contributed by atoms with Crippen LogP contribution in [0.4, 0.5) is 0 Å². The summed E-state index contributed by atoms with van der Waals surface area (Å²) in [7, 11) is 1.78. The summed E-state index contributed by atoms with van der Waals surface area (Å²) in [5.74, 6) is -0.779. The van der Waals surface area contributed by atoms with E-state index >= 15 is 0 Å². The largest absolute Gasteiger partial charge is 0.464 e. The fraction of sp³-hybridized carbons (Fsp3) is 0.278. The predicted octanol–water partition coefficient (Wildman–Crippen LogP) is 1.78. The van der Waals surface area contributed by atoms with Gasteiger partial charge in [-0.2, -0.15) is 5.10 Å². The number of primary amides is 1. The average molecular weight is 338 g/mol. The second-order valence-electron chi connectivity index (χ2n) is 6.35. The summed E-state index contributed by atoms with van der Waals surface area (Å²) in [6.07, 6.45) is 3.93. The molecule has 2 N–H and O–H groups in total. The first-order valence-electron chi connectivity index (χ1n) is 8.13. The minimum Gasteiger partial charge on any atom is -0.464 e. The Hall–Kier alpha value is -3.09. The van der Waals surface area contributed by atoms with E-state index in [0.29, 0.717) is 30.8 Å². The lowest BCUT2D eigenvalue weighted by Crippen LogP contribution is -2.31. The van der Waals surface area contributed by atoms with Crippen LogP contribution in [0, 0.1) is 5.92 Å². The molecule has 7 heteroatoms. The van der Waals surface area contributed by atoms with Crippen LogP contribution in [0.1, 0.15) is 16.8 Å². The molecule has 1 fully saturated rings. The lowest BCUT2D eigenvalue weighted by Gasteiger charge is -2.15. The van der Waals surface area contributed by atoms with E-state index in [4.69, 9.17) is 10.2 Å². The summed E-state index contributed by atoms with van der Waals surface area (Å²) in [6, 6.07) is 7.63. The van der Waals surface area contributed by atoms with Crippen molar-refractivity contribution in [1.82, 2.24) is 14.7 Å². The minimum atomic E-state index is -0.359. The Morgan fingerprint density at radius 3 is 2.88 bits per heavy atom. The van der Waals surface area contributed by atoms with Crippen LogP contribution >= 0.6 is 0 Å². The standard InChI is InChI=1S/C18H18N4O3/c1-21-9-13(18(24)22-7-6-11(8-22)17(19)23)16(20-21)14-10-25-15-5-3-2-4-12(14)15/h2-5,9-11H,6-8H2,1H3,(H2,19,23). The Bertz CT molecular complexity index is 972. The Morgan fingerprint density at radius 2 is 2.12 bits per heavy atom. The molecule has 1 saturated heterocycles. The third-order valence-corrected chi connectivity index (χ3v) is 4.67. The van der Waals surface area contributed by atoms with E-state index in [1.165, 1.54) is 0 Å². The third kappa shape index (κ3) is 2.57. The summed E-state index contributed by atoms with van der Waals surface area (Å²) in [6.45, 7) is 0.877. The van der Waals surface area contributed by atoms with Crippen molar-refractivity contribution in [3.05, 3.63) is 42.3 Å². The molecule has 0 spiro atoms. The number of furan rings is 1. The van der Waals surface area contributed by atoms with Gasteiger partial charge in [-0.1, -0.05) is 18.2 Å². The van der Waals surface area contributed by atoms with Crippen LogP contribution in [0.3, 0.4) is 0 Å². The zero-order valence-electron chi connectivity index (χ0n) is 13.8. The van der Waals surface area contributed by atoms with E-state index in [1.807, 2.05) is 24.3 Å². The number of amides is 2. The van der Waals surface area contributed by atoms with Gasteiger partial charge in [-0.25, -0.2) is 0 Å². The molecule has 7 nitrogen and oxygen atoms in total. The molecule has 3 heterocycles.